The van der Waals surface area contributed by atoms with Gasteiger partial charge in [-0.25, -0.2) is 0 Å². The third kappa shape index (κ3) is 12.0. The van der Waals surface area contributed by atoms with Crippen molar-refractivity contribution in [2.45, 2.75) is 123 Å². The molecule has 1 heterocycles. The maximum absolute atomic E-state index is 9.93. The Labute approximate surface area is 185 Å². The van der Waals surface area contributed by atoms with Crippen molar-refractivity contribution < 1.29 is 24.8 Å². The van der Waals surface area contributed by atoms with Crippen LogP contribution in [0, 0.1) is 23.7 Å². The minimum Gasteiger partial charge on any atom is -0.388 e. The molecule has 1 rings (SSSR count). The van der Waals surface area contributed by atoms with E-state index in [1.54, 1.807) is 0 Å². The van der Waals surface area contributed by atoms with Crippen LogP contribution in [0.4, 0.5) is 0 Å². The van der Waals surface area contributed by atoms with Crippen LogP contribution in [0.1, 0.15) is 98.8 Å². The molecule has 3 N–H and O–H groups in total. The van der Waals surface area contributed by atoms with Gasteiger partial charge in [-0.3, -0.25) is 0 Å². The molecule has 30 heavy (non-hydrogen) atoms. The number of hydrogen-bond donors (Lipinski definition) is 3. The number of aliphatic hydroxyl groups is 3. The van der Waals surface area contributed by atoms with Crippen LogP contribution < -0.4 is 0 Å². The van der Waals surface area contributed by atoms with Gasteiger partial charge in [-0.2, -0.15) is 0 Å². The molecule has 1 aliphatic heterocycles. The quantitative estimate of drug-likeness (QED) is 0.324. The molecule has 0 radical (unpaired) electrons. The molecule has 0 amide bonds. The first-order chi connectivity index (χ1) is 14.2. The third-order valence-electron chi connectivity index (χ3n) is 6.64. The number of hydrogen-bond acceptors (Lipinski definition) is 5. The zero-order valence-electron chi connectivity index (χ0n) is 20.3. The Morgan fingerprint density at radius 1 is 0.733 bits per heavy atom. The Morgan fingerprint density at radius 3 is 1.70 bits per heavy atom. The fourth-order valence-electron chi connectivity index (χ4n) is 4.30. The summed E-state index contributed by atoms with van der Waals surface area (Å²) < 4.78 is 10.6. The Kier molecular flexibility index (Phi) is 14.5. The molecule has 0 aromatic carbocycles. The lowest BCUT2D eigenvalue weighted by molar-refractivity contribution is -0.265. The zero-order valence-corrected chi connectivity index (χ0v) is 20.3. The van der Waals surface area contributed by atoms with Crippen LogP contribution in [0.2, 0.25) is 0 Å². The van der Waals surface area contributed by atoms with E-state index < -0.39 is 24.6 Å². The predicted octanol–water partition coefficient (Wildman–Crippen LogP) is 4.91. The maximum atomic E-state index is 9.93. The highest BCUT2D eigenvalue weighted by Gasteiger charge is 2.38. The lowest BCUT2D eigenvalue weighted by Gasteiger charge is -2.35. The summed E-state index contributed by atoms with van der Waals surface area (Å²) in [5.74, 6) is 3.03. The topological polar surface area (TPSA) is 79.2 Å². The molecular formula is C25H50O5. The molecule has 1 saturated heterocycles. The van der Waals surface area contributed by atoms with Crippen LogP contribution in [0.3, 0.4) is 0 Å². The third-order valence-corrected chi connectivity index (χ3v) is 6.64. The molecule has 0 saturated carbocycles. The smallest absolute Gasteiger partial charge is 0.183 e. The summed E-state index contributed by atoms with van der Waals surface area (Å²) in [5.41, 5.74) is 0. The molecule has 0 spiro atoms. The molecule has 180 valence electrons. The number of rotatable bonds is 16. The Bertz CT molecular complexity index is 416. The monoisotopic (exact) mass is 430 g/mol. The second-order valence-corrected chi connectivity index (χ2v) is 10.4. The second-order valence-electron chi connectivity index (χ2n) is 10.4. The molecule has 0 aromatic rings. The van der Waals surface area contributed by atoms with Gasteiger partial charge in [0.25, 0.3) is 0 Å². The average Bonchev–Trinajstić information content (AvgIpc) is 2.67. The molecule has 0 aliphatic carbocycles. The Hall–Kier alpha value is -0.200. The van der Waals surface area contributed by atoms with E-state index in [4.69, 9.17) is 9.47 Å². The summed E-state index contributed by atoms with van der Waals surface area (Å²) in [4.78, 5) is 0. The highest BCUT2D eigenvalue weighted by atomic mass is 16.6. The normalized spacial score (nSPS) is 27.9. The highest BCUT2D eigenvalue weighted by Crippen LogP contribution is 2.23. The average molecular weight is 431 g/mol. The van der Waals surface area contributed by atoms with E-state index in [9.17, 15) is 15.3 Å². The van der Waals surface area contributed by atoms with E-state index in [2.05, 4.69) is 34.6 Å². The zero-order chi connectivity index (χ0) is 22.5. The lowest BCUT2D eigenvalue weighted by Crippen LogP contribution is -2.54. The molecule has 7 atom stereocenters. The lowest BCUT2D eigenvalue weighted by atomic mass is 9.91. The van der Waals surface area contributed by atoms with Crippen molar-refractivity contribution in [2.75, 3.05) is 13.2 Å². The van der Waals surface area contributed by atoms with Crippen LogP contribution in [0.15, 0.2) is 0 Å². The van der Waals surface area contributed by atoms with Crippen molar-refractivity contribution in [3.63, 3.8) is 0 Å². The molecule has 0 aromatic heterocycles. The SMILES string of the molecule is CC(C)CCCC(C)CCCC(C)CCCC(C)CCO[C@@H]1[C@@H](O)[C@H](O)CO[C@@H]1O. The summed E-state index contributed by atoms with van der Waals surface area (Å²) in [6, 6.07) is 0. The standard InChI is InChI=1S/C25H50O5/c1-18(2)9-6-10-19(3)11-7-12-20(4)13-8-14-21(5)15-16-29-24-23(27)22(26)17-30-25(24)28/h18-28H,6-17H2,1-5H3/t19?,20?,21?,22-,23+,24-,25+/m1/s1. The van der Waals surface area contributed by atoms with Gasteiger partial charge >= 0.3 is 0 Å². The van der Waals surface area contributed by atoms with Crippen molar-refractivity contribution in [2.24, 2.45) is 23.7 Å². The summed E-state index contributed by atoms with van der Waals surface area (Å²) >= 11 is 0. The molecule has 1 aliphatic rings. The minimum atomic E-state index is -1.17. The molecular weight excluding hydrogens is 380 g/mol. The maximum Gasteiger partial charge on any atom is 0.183 e. The first-order valence-electron chi connectivity index (χ1n) is 12.5. The fraction of sp³-hybridized carbons (Fsp3) is 1.00. The summed E-state index contributed by atoms with van der Waals surface area (Å²) in [7, 11) is 0. The van der Waals surface area contributed by atoms with Gasteiger partial charge in [0.2, 0.25) is 0 Å². The van der Waals surface area contributed by atoms with E-state index in [1.165, 1.54) is 57.8 Å². The second kappa shape index (κ2) is 15.6. The van der Waals surface area contributed by atoms with Gasteiger partial charge < -0.3 is 24.8 Å². The van der Waals surface area contributed by atoms with Crippen LogP contribution in [-0.4, -0.2) is 53.1 Å². The van der Waals surface area contributed by atoms with Gasteiger partial charge in [-0.1, -0.05) is 92.4 Å². The van der Waals surface area contributed by atoms with Crippen LogP contribution in [-0.2, 0) is 9.47 Å². The van der Waals surface area contributed by atoms with E-state index >= 15 is 0 Å². The van der Waals surface area contributed by atoms with Gasteiger partial charge in [-0.05, 0) is 30.1 Å². The minimum absolute atomic E-state index is 0.0617. The van der Waals surface area contributed by atoms with Crippen molar-refractivity contribution in [3.8, 4) is 0 Å². The molecule has 3 unspecified atom stereocenters. The Balaban J connectivity index is 2.04. The molecule has 1 fully saturated rings. The fourth-order valence-corrected chi connectivity index (χ4v) is 4.30. The Morgan fingerprint density at radius 2 is 1.20 bits per heavy atom. The summed E-state index contributed by atoms with van der Waals surface area (Å²) in [6.07, 6.45) is 8.63. The van der Waals surface area contributed by atoms with Gasteiger partial charge in [0, 0.05) is 6.61 Å². The highest BCUT2D eigenvalue weighted by molar-refractivity contribution is 4.83. The van der Waals surface area contributed by atoms with Crippen LogP contribution >= 0.6 is 0 Å². The van der Waals surface area contributed by atoms with E-state index in [1.807, 2.05) is 0 Å². The summed E-state index contributed by atoms with van der Waals surface area (Å²) in [6.45, 7) is 12.0. The van der Waals surface area contributed by atoms with Gasteiger partial charge in [0.05, 0.1) is 6.61 Å². The molecule has 5 heteroatoms. The van der Waals surface area contributed by atoms with Gasteiger partial charge in [0.15, 0.2) is 6.29 Å². The van der Waals surface area contributed by atoms with Crippen molar-refractivity contribution in [1.29, 1.82) is 0 Å². The largest absolute Gasteiger partial charge is 0.388 e. The van der Waals surface area contributed by atoms with Crippen molar-refractivity contribution >= 4 is 0 Å². The van der Waals surface area contributed by atoms with Crippen molar-refractivity contribution in [3.05, 3.63) is 0 Å². The predicted molar refractivity (Wildman–Crippen MR) is 122 cm³/mol. The van der Waals surface area contributed by atoms with Crippen LogP contribution in [0.5, 0.6) is 0 Å². The first kappa shape index (κ1) is 27.8. The van der Waals surface area contributed by atoms with E-state index in [0.29, 0.717) is 12.5 Å². The number of ether oxygens (including phenoxy) is 2. The summed E-state index contributed by atoms with van der Waals surface area (Å²) in [5, 5.41) is 29.3. The van der Waals surface area contributed by atoms with E-state index in [0.717, 1.165) is 24.2 Å². The van der Waals surface area contributed by atoms with Gasteiger partial charge in [0.1, 0.15) is 18.3 Å². The first-order valence-corrected chi connectivity index (χ1v) is 12.5. The molecule has 5 nitrogen and oxygen atoms in total. The molecule has 0 bridgehead atoms. The van der Waals surface area contributed by atoms with Crippen molar-refractivity contribution in [1.82, 2.24) is 0 Å². The van der Waals surface area contributed by atoms with E-state index in [-0.39, 0.29) is 6.61 Å². The van der Waals surface area contributed by atoms with Crippen LogP contribution in [0.25, 0.3) is 0 Å². The number of aliphatic hydroxyl groups excluding tert-OH is 3. The van der Waals surface area contributed by atoms with Gasteiger partial charge in [-0.15, -0.1) is 0 Å².